The van der Waals surface area contributed by atoms with Gasteiger partial charge >= 0.3 is 5.97 Å². The molecule has 0 bridgehead atoms. The van der Waals surface area contributed by atoms with Crippen molar-refractivity contribution >= 4 is 17.6 Å². The molecular formula is C19H20ClNO3. The molecule has 1 atom stereocenters. The van der Waals surface area contributed by atoms with E-state index >= 15 is 0 Å². The van der Waals surface area contributed by atoms with E-state index in [1.165, 1.54) is 0 Å². The molecule has 0 saturated heterocycles. The number of ether oxygens (including phenoxy) is 2. The summed E-state index contributed by atoms with van der Waals surface area (Å²) in [7, 11) is 1.90. The summed E-state index contributed by atoms with van der Waals surface area (Å²) in [4.78, 5) is 11.9. The van der Waals surface area contributed by atoms with Crippen LogP contribution in [0.5, 0.6) is 5.75 Å². The number of esters is 1. The van der Waals surface area contributed by atoms with Crippen LogP contribution in [-0.2, 0) is 11.2 Å². The van der Waals surface area contributed by atoms with Gasteiger partial charge in [-0.05, 0) is 49.4 Å². The second kappa shape index (κ2) is 7.24. The number of hydrogen-bond acceptors (Lipinski definition) is 4. The summed E-state index contributed by atoms with van der Waals surface area (Å²) in [5, 5.41) is 3.72. The minimum atomic E-state index is -0.316. The summed E-state index contributed by atoms with van der Waals surface area (Å²) in [6, 6.07) is 11.4. The van der Waals surface area contributed by atoms with E-state index in [1.54, 1.807) is 13.0 Å². The molecule has 2 aromatic carbocycles. The Morgan fingerprint density at radius 3 is 2.92 bits per heavy atom. The van der Waals surface area contributed by atoms with E-state index in [0.717, 1.165) is 35.4 Å². The van der Waals surface area contributed by atoms with Gasteiger partial charge in [0.05, 0.1) is 17.2 Å². The lowest BCUT2D eigenvalue weighted by Gasteiger charge is -2.10. The van der Waals surface area contributed by atoms with Crippen LogP contribution in [0.3, 0.4) is 0 Å². The van der Waals surface area contributed by atoms with Crippen molar-refractivity contribution in [3.05, 3.63) is 52.5 Å². The zero-order chi connectivity index (χ0) is 17.1. The first-order valence-corrected chi connectivity index (χ1v) is 8.41. The average Bonchev–Trinajstić information content (AvgIpc) is 2.99. The number of benzene rings is 2. The zero-order valence-corrected chi connectivity index (χ0v) is 14.5. The number of rotatable bonds is 5. The highest BCUT2D eigenvalue weighted by molar-refractivity contribution is 6.32. The Bertz CT molecular complexity index is 760. The third kappa shape index (κ3) is 3.40. The van der Waals surface area contributed by atoms with Crippen LogP contribution in [-0.4, -0.2) is 32.3 Å². The van der Waals surface area contributed by atoms with E-state index in [1.807, 2.05) is 31.3 Å². The Kier molecular flexibility index (Phi) is 5.07. The van der Waals surface area contributed by atoms with Gasteiger partial charge in [0, 0.05) is 18.5 Å². The fraction of sp³-hybridized carbons (Fsp3) is 0.316. The molecule has 4 nitrogen and oxygen atoms in total. The molecule has 0 amide bonds. The normalized spacial score (nSPS) is 15.7. The molecular weight excluding hydrogens is 326 g/mol. The molecule has 24 heavy (non-hydrogen) atoms. The molecule has 0 saturated carbocycles. The van der Waals surface area contributed by atoms with Crippen molar-refractivity contribution < 1.29 is 14.3 Å². The minimum Gasteiger partial charge on any atom is -0.487 e. The maximum atomic E-state index is 11.9. The first-order valence-electron chi connectivity index (χ1n) is 8.03. The van der Waals surface area contributed by atoms with Gasteiger partial charge in [0.2, 0.25) is 0 Å². The van der Waals surface area contributed by atoms with Crippen molar-refractivity contribution in [2.45, 2.75) is 19.4 Å². The Morgan fingerprint density at radius 1 is 1.33 bits per heavy atom. The van der Waals surface area contributed by atoms with Gasteiger partial charge in [0.1, 0.15) is 11.9 Å². The summed E-state index contributed by atoms with van der Waals surface area (Å²) in [6.07, 6.45) is 0.921. The number of halogens is 1. The third-order valence-corrected chi connectivity index (χ3v) is 4.27. The van der Waals surface area contributed by atoms with Gasteiger partial charge in [0.25, 0.3) is 0 Å². The van der Waals surface area contributed by atoms with Crippen LogP contribution in [0.25, 0.3) is 11.1 Å². The number of carbonyl (C=O) groups is 1. The zero-order valence-electron chi connectivity index (χ0n) is 13.8. The van der Waals surface area contributed by atoms with E-state index in [-0.39, 0.29) is 12.1 Å². The van der Waals surface area contributed by atoms with Crippen LogP contribution in [0, 0.1) is 0 Å². The standard InChI is InChI=1S/C19H20ClNO3/c1-3-23-19(22)13-6-4-5-12(7-13)14-8-15-9-16(11-21-2)24-18(15)17(20)10-14/h4-8,10,16,21H,3,9,11H2,1-2H3. The molecule has 1 N–H and O–H groups in total. The fourth-order valence-corrected chi connectivity index (χ4v) is 3.22. The summed E-state index contributed by atoms with van der Waals surface area (Å²) in [5.41, 5.74) is 3.54. The molecule has 1 heterocycles. The molecule has 0 aromatic heterocycles. The quantitative estimate of drug-likeness (QED) is 0.839. The molecule has 1 unspecified atom stereocenters. The van der Waals surface area contributed by atoms with E-state index < -0.39 is 0 Å². The van der Waals surface area contributed by atoms with Crippen LogP contribution in [0.4, 0.5) is 0 Å². The number of fused-ring (bicyclic) bond motifs is 1. The summed E-state index contributed by atoms with van der Waals surface area (Å²) in [6.45, 7) is 2.93. The highest BCUT2D eigenvalue weighted by atomic mass is 35.5. The number of likely N-dealkylation sites (N-methyl/N-ethyl adjacent to an activating group) is 1. The lowest BCUT2D eigenvalue weighted by atomic mass is 9.99. The molecule has 5 heteroatoms. The van der Waals surface area contributed by atoms with Crippen LogP contribution in [0.15, 0.2) is 36.4 Å². The van der Waals surface area contributed by atoms with E-state index in [0.29, 0.717) is 17.2 Å². The molecule has 126 valence electrons. The minimum absolute atomic E-state index is 0.101. The van der Waals surface area contributed by atoms with Crippen molar-refractivity contribution in [1.82, 2.24) is 5.32 Å². The number of nitrogens with one attached hydrogen (secondary N) is 1. The maximum Gasteiger partial charge on any atom is 0.338 e. The average molecular weight is 346 g/mol. The molecule has 0 fully saturated rings. The molecule has 0 spiro atoms. The smallest absolute Gasteiger partial charge is 0.338 e. The topological polar surface area (TPSA) is 47.6 Å². The van der Waals surface area contributed by atoms with Crippen molar-refractivity contribution in [2.24, 2.45) is 0 Å². The predicted octanol–water partition coefficient (Wildman–Crippen LogP) is 3.71. The lowest BCUT2D eigenvalue weighted by Crippen LogP contribution is -2.27. The Hall–Kier alpha value is -2.04. The molecule has 1 aliphatic rings. The Morgan fingerprint density at radius 2 is 2.17 bits per heavy atom. The van der Waals surface area contributed by atoms with Crippen LogP contribution in [0.1, 0.15) is 22.8 Å². The van der Waals surface area contributed by atoms with Crippen molar-refractivity contribution in [3.8, 4) is 16.9 Å². The highest BCUT2D eigenvalue weighted by Crippen LogP contribution is 2.39. The summed E-state index contributed by atoms with van der Waals surface area (Å²) >= 11 is 6.41. The van der Waals surface area contributed by atoms with Gasteiger partial charge in [-0.15, -0.1) is 0 Å². The van der Waals surface area contributed by atoms with Crippen LogP contribution >= 0.6 is 11.6 Å². The highest BCUT2D eigenvalue weighted by Gasteiger charge is 2.25. The first kappa shape index (κ1) is 16.8. The maximum absolute atomic E-state index is 11.9. The SMILES string of the molecule is CCOC(=O)c1cccc(-c2cc(Cl)c3c(c2)CC(CNC)O3)c1. The third-order valence-electron chi connectivity index (χ3n) is 3.99. The lowest BCUT2D eigenvalue weighted by molar-refractivity contribution is 0.0526. The van der Waals surface area contributed by atoms with Crippen molar-refractivity contribution in [1.29, 1.82) is 0 Å². The van der Waals surface area contributed by atoms with Crippen LogP contribution in [0.2, 0.25) is 5.02 Å². The van der Waals surface area contributed by atoms with E-state index in [2.05, 4.69) is 11.4 Å². The largest absolute Gasteiger partial charge is 0.487 e. The molecule has 1 aliphatic heterocycles. The Balaban J connectivity index is 1.92. The number of hydrogen-bond donors (Lipinski definition) is 1. The van der Waals surface area contributed by atoms with Gasteiger partial charge < -0.3 is 14.8 Å². The summed E-state index contributed by atoms with van der Waals surface area (Å²) < 4.78 is 11.0. The summed E-state index contributed by atoms with van der Waals surface area (Å²) in [5.74, 6) is 0.450. The Labute approximate surface area is 146 Å². The fourth-order valence-electron chi connectivity index (χ4n) is 2.94. The van der Waals surface area contributed by atoms with Gasteiger partial charge in [-0.25, -0.2) is 4.79 Å². The van der Waals surface area contributed by atoms with Gasteiger partial charge in [0.15, 0.2) is 0 Å². The van der Waals surface area contributed by atoms with E-state index in [4.69, 9.17) is 21.1 Å². The monoisotopic (exact) mass is 345 g/mol. The second-order valence-electron chi connectivity index (χ2n) is 5.75. The van der Waals surface area contributed by atoms with Gasteiger partial charge in [-0.2, -0.15) is 0 Å². The predicted molar refractivity (Wildman–Crippen MR) is 94.9 cm³/mol. The molecule has 3 rings (SSSR count). The van der Waals surface area contributed by atoms with E-state index in [9.17, 15) is 4.79 Å². The molecule has 2 aromatic rings. The number of carbonyl (C=O) groups excluding carboxylic acids is 1. The molecule has 0 radical (unpaired) electrons. The first-order chi connectivity index (χ1) is 11.6. The van der Waals surface area contributed by atoms with Crippen molar-refractivity contribution in [3.63, 3.8) is 0 Å². The second-order valence-corrected chi connectivity index (χ2v) is 6.16. The van der Waals surface area contributed by atoms with Crippen LogP contribution < -0.4 is 10.1 Å². The molecule has 0 aliphatic carbocycles. The van der Waals surface area contributed by atoms with Crippen molar-refractivity contribution in [2.75, 3.05) is 20.2 Å². The van der Waals surface area contributed by atoms with Gasteiger partial charge in [-0.3, -0.25) is 0 Å². The van der Waals surface area contributed by atoms with Gasteiger partial charge in [-0.1, -0.05) is 23.7 Å².